The standard InChI is InChI=1S/C22H25N3O5/c1-23-8-9-24(12-17(23)26)20(27)18-16-6-7-22(30-16)13-25(21(28)19(18)22)11-14-4-3-5-15(10-14)29-2/h3-7,10,16,18-19H,8-9,11-13H2,1-2H3/t16-,18-,19+,22-/m0/s1. The molecule has 4 heterocycles. The van der Waals surface area contributed by atoms with Gasteiger partial charge in [-0.05, 0) is 17.7 Å². The fourth-order valence-electron chi connectivity index (χ4n) is 5.14. The Morgan fingerprint density at radius 1 is 1.30 bits per heavy atom. The van der Waals surface area contributed by atoms with Crippen molar-refractivity contribution in [1.29, 1.82) is 0 Å². The van der Waals surface area contributed by atoms with Crippen LogP contribution in [0.4, 0.5) is 0 Å². The molecule has 5 rings (SSSR count). The van der Waals surface area contributed by atoms with Gasteiger partial charge >= 0.3 is 0 Å². The lowest BCUT2D eigenvalue weighted by molar-refractivity contribution is -0.149. The van der Waals surface area contributed by atoms with Crippen LogP contribution in [0.5, 0.6) is 5.75 Å². The van der Waals surface area contributed by atoms with E-state index in [1.165, 1.54) is 0 Å². The van der Waals surface area contributed by atoms with Gasteiger partial charge in [0.1, 0.15) is 11.4 Å². The van der Waals surface area contributed by atoms with Crippen molar-refractivity contribution in [3.8, 4) is 5.75 Å². The summed E-state index contributed by atoms with van der Waals surface area (Å²) in [5.41, 5.74) is 0.211. The highest BCUT2D eigenvalue weighted by Gasteiger charge is 2.67. The number of carbonyl (C=O) groups excluding carboxylic acids is 3. The normalized spacial score (nSPS) is 32.2. The van der Waals surface area contributed by atoms with E-state index in [9.17, 15) is 14.4 Å². The Balaban J connectivity index is 1.37. The second-order valence-corrected chi connectivity index (χ2v) is 8.52. The van der Waals surface area contributed by atoms with Crippen LogP contribution in [0.1, 0.15) is 5.56 Å². The first-order valence-electron chi connectivity index (χ1n) is 10.2. The summed E-state index contributed by atoms with van der Waals surface area (Å²) in [4.78, 5) is 43.8. The van der Waals surface area contributed by atoms with Gasteiger partial charge in [-0.1, -0.05) is 24.3 Å². The Kier molecular flexibility index (Phi) is 4.36. The van der Waals surface area contributed by atoms with Gasteiger partial charge in [0, 0.05) is 26.7 Å². The Morgan fingerprint density at radius 3 is 2.90 bits per heavy atom. The highest BCUT2D eigenvalue weighted by atomic mass is 16.5. The molecule has 1 aromatic rings. The van der Waals surface area contributed by atoms with Crippen LogP contribution in [0.25, 0.3) is 0 Å². The highest BCUT2D eigenvalue weighted by molar-refractivity contribution is 5.94. The first kappa shape index (κ1) is 19.1. The molecule has 0 saturated carbocycles. The molecule has 0 radical (unpaired) electrons. The van der Waals surface area contributed by atoms with Crippen LogP contribution in [0.3, 0.4) is 0 Å². The monoisotopic (exact) mass is 411 g/mol. The molecule has 4 aliphatic heterocycles. The number of hydrogen-bond donors (Lipinski definition) is 0. The van der Waals surface area contributed by atoms with Crippen molar-refractivity contribution in [2.24, 2.45) is 11.8 Å². The first-order valence-corrected chi connectivity index (χ1v) is 10.2. The maximum atomic E-state index is 13.4. The van der Waals surface area contributed by atoms with Crippen LogP contribution in [0, 0.1) is 11.8 Å². The van der Waals surface area contributed by atoms with Gasteiger partial charge in [0.05, 0.1) is 38.1 Å². The van der Waals surface area contributed by atoms with Crippen molar-refractivity contribution >= 4 is 17.7 Å². The second kappa shape index (κ2) is 6.84. The molecule has 4 aliphatic rings. The summed E-state index contributed by atoms with van der Waals surface area (Å²) >= 11 is 0. The number of fused-ring (bicyclic) bond motifs is 1. The lowest BCUT2D eigenvalue weighted by atomic mass is 9.76. The molecule has 3 fully saturated rings. The molecule has 4 atom stereocenters. The molecule has 8 nitrogen and oxygen atoms in total. The molecule has 2 bridgehead atoms. The third-order valence-electron chi connectivity index (χ3n) is 6.74. The summed E-state index contributed by atoms with van der Waals surface area (Å²) in [7, 11) is 3.35. The van der Waals surface area contributed by atoms with Gasteiger partial charge in [0.25, 0.3) is 0 Å². The number of methoxy groups -OCH3 is 1. The van der Waals surface area contributed by atoms with Crippen molar-refractivity contribution in [3.63, 3.8) is 0 Å². The smallest absolute Gasteiger partial charge is 0.241 e. The third kappa shape index (κ3) is 2.81. The summed E-state index contributed by atoms with van der Waals surface area (Å²) in [5.74, 6) is -0.684. The van der Waals surface area contributed by atoms with Crippen molar-refractivity contribution in [3.05, 3.63) is 42.0 Å². The molecule has 0 unspecified atom stereocenters. The molecule has 8 heteroatoms. The molecule has 1 aromatic carbocycles. The molecule has 3 amide bonds. The van der Waals surface area contributed by atoms with Crippen LogP contribution < -0.4 is 4.74 Å². The maximum absolute atomic E-state index is 13.4. The van der Waals surface area contributed by atoms with Gasteiger partial charge in [-0.15, -0.1) is 0 Å². The van der Waals surface area contributed by atoms with Crippen LogP contribution in [-0.2, 0) is 25.7 Å². The highest BCUT2D eigenvalue weighted by Crippen LogP contribution is 2.52. The van der Waals surface area contributed by atoms with Crippen molar-refractivity contribution in [2.75, 3.05) is 40.3 Å². The minimum atomic E-state index is -0.752. The van der Waals surface area contributed by atoms with Gasteiger partial charge in [0.15, 0.2) is 0 Å². The number of carbonyl (C=O) groups is 3. The number of hydrogen-bond acceptors (Lipinski definition) is 5. The summed E-state index contributed by atoms with van der Waals surface area (Å²) in [6.07, 6.45) is 3.45. The lowest BCUT2D eigenvalue weighted by Gasteiger charge is -2.35. The van der Waals surface area contributed by atoms with Crippen LogP contribution >= 0.6 is 0 Å². The van der Waals surface area contributed by atoms with E-state index in [-0.39, 0.29) is 24.3 Å². The van der Waals surface area contributed by atoms with Crippen LogP contribution in [0.15, 0.2) is 36.4 Å². The average molecular weight is 411 g/mol. The number of likely N-dealkylation sites (tertiary alicyclic amines) is 1. The van der Waals surface area contributed by atoms with E-state index in [0.717, 1.165) is 11.3 Å². The number of piperazine rings is 1. The molecule has 158 valence electrons. The molecule has 1 spiro atoms. The molecule has 30 heavy (non-hydrogen) atoms. The Bertz CT molecular complexity index is 946. The molecule has 3 saturated heterocycles. The number of nitrogens with zero attached hydrogens (tertiary/aromatic N) is 3. The molecular weight excluding hydrogens is 386 g/mol. The Hall–Kier alpha value is -2.87. The van der Waals surface area contributed by atoms with E-state index in [1.807, 2.05) is 36.4 Å². The van der Waals surface area contributed by atoms with Gasteiger partial charge in [-0.3, -0.25) is 14.4 Å². The van der Waals surface area contributed by atoms with E-state index in [2.05, 4.69) is 0 Å². The number of rotatable bonds is 4. The summed E-state index contributed by atoms with van der Waals surface area (Å²) in [5, 5.41) is 0. The van der Waals surface area contributed by atoms with Crippen molar-refractivity contribution in [1.82, 2.24) is 14.7 Å². The Morgan fingerprint density at radius 2 is 2.13 bits per heavy atom. The van der Waals surface area contributed by atoms with Gasteiger partial charge in [0.2, 0.25) is 17.7 Å². The number of ether oxygens (including phenoxy) is 2. The number of amides is 3. The zero-order valence-corrected chi connectivity index (χ0v) is 17.1. The predicted molar refractivity (Wildman–Crippen MR) is 106 cm³/mol. The fraction of sp³-hybridized carbons (Fsp3) is 0.500. The SMILES string of the molecule is COc1cccc(CN2C[C@]34C=C[C@H](O3)[C@H](C(=O)N3CCN(C)C(=O)C3)[C@@H]4C2=O)c1. The van der Waals surface area contributed by atoms with E-state index < -0.39 is 23.5 Å². The number of benzene rings is 1. The number of likely N-dealkylation sites (N-methyl/N-ethyl adjacent to an activating group) is 1. The van der Waals surface area contributed by atoms with Gasteiger partial charge in [-0.25, -0.2) is 0 Å². The third-order valence-corrected chi connectivity index (χ3v) is 6.74. The van der Waals surface area contributed by atoms with E-state index >= 15 is 0 Å². The quantitative estimate of drug-likeness (QED) is 0.665. The largest absolute Gasteiger partial charge is 0.497 e. The van der Waals surface area contributed by atoms with E-state index in [0.29, 0.717) is 26.2 Å². The summed E-state index contributed by atoms with van der Waals surface area (Å²) in [6.45, 7) is 1.90. The van der Waals surface area contributed by atoms with Crippen molar-refractivity contribution in [2.45, 2.75) is 18.2 Å². The molecule has 0 N–H and O–H groups in total. The lowest BCUT2D eigenvalue weighted by Crippen LogP contribution is -2.54. The van der Waals surface area contributed by atoms with Crippen LogP contribution in [-0.4, -0.2) is 84.5 Å². The zero-order chi connectivity index (χ0) is 21.0. The summed E-state index contributed by atoms with van der Waals surface area (Å²) in [6, 6.07) is 7.62. The van der Waals surface area contributed by atoms with Gasteiger partial charge in [-0.2, -0.15) is 0 Å². The zero-order valence-electron chi connectivity index (χ0n) is 17.1. The average Bonchev–Trinajstić information content (AvgIpc) is 3.38. The topological polar surface area (TPSA) is 79.4 Å². The summed E-state index contributed by atoms with van der Waals surface area (Å²) < 4.78 is 11.5. The second-order valence-electron chi connectivity index (χ2n) is 8.52. The maximum Gasteiger partial charge on any atom is 0.241 e. The van der Waals surface area contributed by atoms with E-state index in [4.69, 9.17) is 9.47 Å². The van der Waals surface area contributed by atoms with E-state index in [1.54, 1.807) is 28.9 Å². The van der Waals surface area contributed by atoms with Gasteiger partial charge < -0.3 is 24.2 Å². The molecule has 0 aromatic heterocycles. The minimum Gasteiger partial charge on any atom is -0.497 e. The molecular formula is C22H25N3O5. The molecule has 0 aliphatic carbocycles. The Labute approximate surface area is 175 Å². The first-order chi connectivity index (χ1) is 14.4. The fourth-order valence-corrected chi connectivity index (χ4v) is 5.14. The minimum absolute atomic E-state index is 0.0592. The van der Waals surface area contributed by atoms with Crippen molar-refractivity contribution < 1.29 is 23.9 Å². The van der Waals surface area contributed by atoms with Crippen LogP contribution in [0.2, 0.25) is 0 Å². The predicted octanol–water partition coefficient (Wildman–Crippen LogP) is 0.278.